The molecule has 1 unspecified atom stereocenters. The number of aliphatic hydroxyl groups excluding tert-OH is 1. The summed E-state index contributed by atoms with van der Waals surface area (Å²) in [7, 11) is 0. The molecule has 1 saturated heterocycles. The number of halogens is 3. The number of benzene rings is 2. The van der Waals surface area contributed by atoms with Crippen LogP contribution in [0.1, 0.15) is 25.7 Å². The van der Waals surface area contributed by atoms with Gasteiger partial charge in [-0.1, -0.05) is 23.2 Å². The Hall–Kier alpha value is -2.72. The third-order valence-corrected chi connectivity index (χ3v) is 7.37. The second kappa shape index (κ2) is 13.4. The van der Waals surface area contributed by atoms with Gasteiger partial charge in [0.15, 0.2) is 0 Å². The molecule has 0 aliphatic carbocycles. The van der Waals surface area contributed by atoms with Crippen LogP contribution in [0.4, 0.5) is 11.5 Å². The lowest BCUT2D eigenvalue weighted by Crippen LogP contribution is -2.34. The minimum atomic E-state index is -0.758. The average Bonchev–Trinajstić information content (AvgIpc) is 3.29. The summed E-state index contributed by atoms with van der Waals surface area (Å²) in [5.74, 6) is 1.61. The van der Waals surface area contributed by atoms with Crippen molar-refractivity contribution in [3.05, 3.63) is 74.1 Å². The monoisotopic (exact) mass is 582 g/mol. The fourth-order valence-electron chi connectivity index (χ4n) is 4.35. The number of imidazole rings is 1. The number of aliphatic hydroxyl groups is 1. The van der Waals surface area contributed by atoms with Gasteiger partial charge in [-0.15, -0.1) is 0 Å². The van der Waals surface area contributed by atoms with E-state index in [0.29, 0.717) is 47.0 Å². The van der Waals surface area contributed by atoms with Crippen LogP contribution in [0, 0.1) is 16.0 Å². The van der Waals surface area contributed by atoms with E-state index in [-0.39, 0.29) is 17.7 Å². The van der Waals surface area contributed by atoms with E-state index >= 15 is 0 Å². The highest BCUT2D eigenvalue weighted by molar-refractivity contribution is 6.35. The van der Waals surface area contributed by atoms with Crippen LogP contribution in [0.2, 0.25) is 15.3 Å². The third kappa shape index (κ3) is 7.89. The molecule has 1 aromatic heterocycles. The number of aryl methyl sites for hydroxylation is 1. The summed E-state index contributed by atoms with van der Waals surface area (Å²) in [4.78, 5) is 16.2. The molecule has 4 rings (SSSR count). The normalized spacial score (nSPS) is 14.9. The Kier molecular flexibility index (Phi) is 9.96. The average molecular weight is 584 g/mol. The quantitative estimate of drug-likeness (QED) is 0.198. The van der Waals surface area contributed by atoms with Crippen LogP contribution in [0.15, 0.2) is 48.7 Å². The predicted molar refractivity (Wildman–Crippen MR) is 148 cm³/mol. The Bertz CT molecular complexity index is 1220. The lowest BCUT2D eigenvalue weighted by Gasteiger charge is -2.33. The third-order valence-electron chi connectivity index (χ3n) is 6.54. The molecule has 9 nitrogen and oxygen atoms in total. The van der Waals surface area contributed by atoms with Gasteiger partial charge >= 0.3 is 11.1 Å². The van der Waals surface area contributed by atoms with E-state index in [9.17, 15) is 15.2 Å². The lowest BCUT2D eigenvalue weighted by atomic mass is 9.93. The first kappa shape index (κ1) is 28.3. The molecule has 38 heavy (non-hydrogen) atoms. The SMILES string of the molecule is O=[N+]([O-])c1cn(CCC(O)COc2ccc(N3CCC(CCOc4ccc(Cl)cc4Cl)CC3)cc2)c(Cl)n1. The van der Waals surface area contributed by atoms with Crippen molar-refractivity contribution in [1.82, 2.24) is 9.55 Å². The van der Waals surface area contributed by atoms with E-state index < -0.39 is 11.0 Å². The van der Waals surface area contributed by atoms with Crippen molar-refractivity contribution >= 4 is 46.3 Å². The molecule has 204 valence electrons. The van der Waals surface area contributed by atoms with Crippen molar-refractivity contribution in [3.8, 4) is 11.5 Å². The van der Waals surface area contributed by atoms with Crippen molar-refractivity contribution in [3.63, 3.8) is 0 Å². The van der Waals surface area contributed by atoms with Gasteiger partial charge in [-0.3, -0.25) is 4.57 Å². The highest BCUT2D eigenvalue weighted by Gasteiger charge is 2.20. The van der Waals surface area contributed by atoms with Crippen molar-refractivity contribution in [1.29, 1.82) is 0 Å². The number of nitro groups is 1. The van der Waals surface area contributed by atoms with Gasteiger partial charge in [0, 0.05) is 30.3 Å². The van der Waals surface area contributed by atoms with Crippen LogP contribution in [0.25, 0.3) is 0 Å². The number of rotatable bonds is 12. The summed E-state index contributed by atoms with van der Waals surface area (Å²) in [6.45, 7) is 2.96. The highest BCUT2D eigenvalue weighted by atomic mass is 35.5. The molecule has 1 fully saturated rings. The highest BCUT2D eigenvalue weighted by Crippen LogP contribution is 2.30. The molecule has 0 amide bonds. The first-order valence-electron chi connectivity index (χ1n) is 12.4. The van der Waals surface area contributed by atoms with Gasteiger partial charge in [0.1, 0.15) is 24.3 Å². The zero-order valence-corrected chi connectivity index (χ0v) is 22.9. The molecule has 1 N–H and O–H groups in total. The maximum Gasteiger partial charge on any atom is 0.383 e. The smallest absolute Gasteiger partial charge is 0.383 e. The Morgan fingerprint density at radius 1 is 1.11 bits per heavy atom. The van der Waals surface area contributed by atoms with E-state index in [4.69, 9.17) is 44.3 Å². The van der Waals surface area contributed by atoms with E-state index in [0.717, 1.165) is 38.0 Å². The topological polar surface area (TPSA) is 103 Å². The Morgan fingerprint density at radius 3 is 2.50 bits per heavy atom. The molecule has 0 radical (unpaired) electrons. The summed E-state index contributed by atoms with van der Waals surface area (Å²) in [5, 5.41) is 22.2. The number of hydrogen-bond donors (Lipinski definition) is 1. The molecule has 0 spiro atoms. The molecule has 0 saturated carbocycles. The molecular formula is C26H29Cl3N4O5. The van der Waals surface area contributed by atoms with Gasteiger partial charge in [0.2, 0.25) is 0 Å². The number of hydrogen-bond acceptors (Lipinski definition) is 7. The van der Waals surface area contributed by atoms with E-state index in [1.807, 2.05) is 24.3 Å². The minimum Gasteiger partial charge on any atom is -0.492 e. The standard InChI is InChI=1S/C26H29Cl3N4O5/c27-19-1-6-24(23(28)15-19)37-14-10-18-7-11-31(12-8-18)20-2-4-22(5-3-20)38-17-21(34)9-13-32-16-25(33(35)36)30-26(32)29/h1-6,15-16,18,21,34H,7-14,17H2. The first-order chi connectivity index (χ1) is 18.3. The number of nitrogens with zero attached hydrogens (tertiary/aromatic N) is 4. The lowest BCUT2D eigenvalue weighted by molar-refractivity contribution is -0.389. The van der Waals surface area contributed by atoms with Crippen LogP contribution in [0.5, 0.6) is 11.5 Å². The Morgan fingerprint density at radius 2 is 1.84 bits per heavy atom. The summed E-state index contributed by atoms with van der Waals surface area (Å²) >= 11 is 18.0. The van der Waals surface area contributed by atoms with Gasteiger partial charge < -0.3 is 29.6 Å². The number of ether oxygens (including phenoxy) is 2. The van der Waals surface area contributed by atoms with Crippen molar-refractivity contribution in [2.45, 2.75) is 38.3 Å². The molecule has 2 heterocycles. The van der Waals surface area contributed by atoms with Crippen LogP contribution in [0.3, 0.4) is 0 Å². The number of anilines is 1. The number of aromatic nitrogens is 2. The van der Waals surface area contributed by atoms with E-state index in [2.05, 4.69) is 9.88 Å². The second-order valence-electron chi connectivity index (χ2n) is 9.21. The van der Waals surface area contributed by atoms with Crippen molar-refractivity contribution in [2.24, 2.45) is 5.92 Å². The molecule has 0 bridgehead atoms. The Labute approximate surface area is 236 Å². The van der Waals surface area contributed by atoms with Gasteiger partial charge in [0.05, 0.1) is 17.7 Å². The van der Waals surface area contributed by atoms with Gasteiger partial charge in [-0.25, -0.2) is 0 Å². The van der Waals surface area contributed by atoms with Gasteiger partial charge in [-0.05, 0) is 95.6 Å². The fourth-order valence-corrected chi connectivity index (χ4v) is 5.03. The van der Waals surface area contributed by atoms with Crippen molar-refractivity contribution in [2.75, 3.05) is 31.2 Å². The zero-order valence-electron chi connectivity index (χ0n) is 20.6. The molecular weight excluding hydrogens is 555 g/mol. The zero-order chi connectivity index (χ0) is 27.1. The molecule has 12 heteroatoms. The minimum absolute atomic E-state index is 0.0145. The predicted octanol–water partition coefficient (Wildman–Crippen LogP) is 6.27. The molecule has 3 aromatic rings. The van der Waals surface area contributed by atoms with Crippen LogP contribution in [-0.2, 0) is 6.54 Å². The molecule has 1 aliphatic rings. The Balaban J connectivity index is 1.15. The maximum absolute atomic E-state index is 10.8. The van der Waals surface area contributed by atoms with Crippen LogP contribution >= 0.6 is 34.8 Å². The van der Waals surface area contributed by atoms with E-state index in [1.165, 1.54) is 10.8 Å². The van der Waals surface area contributed by atoms with Crippen molar-refractivity contribution < 1.29 is 19.5 Å². The van der Waals surface area contributed by atoms with Gasteiger partial charge in [0.25, 0.3) is 0 Å². The largest absolute Gasteiger partial charge is 0.492 e. The van der Waals surface area contributed by atoms with Gasteiger partial charge in [-0.2, -0.15) is 0 Å². The number of piperidine rings is 1. The maximum atomic E-state index is 10.8. The van der Waals surface area contributed by atoms with Crippen LogP contribution < -0.4 is 14.4 Å². The molecule has 1 atom stereocenters. The first-order valence-corrected chi connectivity index (χ1v) is 13.5. The molecule has 1 aliphatic heterocycles. The summed E-state index contributed by atoms with van der Waals surface area (Å²) in [6, 6.07) is 13.1. The molecule has 2 aromatic carbocycles. The summed E-state index contributed by atoms with van der Waals surface area (Å²) < 4.78 is 13.0. The summed E-state index contributed by atoms with van der Waals surface area (Å²) in [5.41, 5.74) is 1.14. The van der Waals surface area contributed by atoms with E-state index in [1.54, 1.807) is 18.2 Å². The second-order valence-corrected chi connectivity index (χ2v) is 10.4. The summed E-state index contributed by atoms with van der Waals surface area (Å²) in [6.07, 6.45) is 3.97. The van der Waals surface area contributed by atoms with Crippen LogP contribution in [-0.4, -0.2) is 52.0 Å². The fraction of sp³-hybridized carbons (Fsp3) is 0.423.